The molecule has 0 saturated carbocycles. The van der Waals surface area contributed by atoms with E-state index in [-0.39, 0.29) is 5.91 Å². The summed E-state index contributed by atoms with van der Waals surface area (Å²) in [6.45, 7) is 1.28. The summed E-state index contributed by atoms with van der Waals surface area (Å²) in [7, 11) is 0. The fourth-order valence-corrected chi connectivity index (χ4v) is 4.77. The van der Waals surface area contributed by atoms with Gasteiger partial charge in [0.15, 0.2) is 18.1 Å². The fourth-order valence-electron chi connectivity index (χ4n) is 3.87. The Hall–Kier alpha value is -3.85. The topological polar surface area (TPSA) is 94.2 Å². The summed E-state index contributed by atoms with van der Waals surface area (Å²) in [4.78, 5) is 39.7. The maximum Gasteiger partial charge on any atom is 0.348 e. The van der Waals surface area contributed by atoms with Crippen LogP contribution in [-0.4, -0.2) is 44.1 Å². The van der Waals surface area contributed by atoms with Gasteiger partial charge in [0.25, 0.3) is 5.91 Å². The van der Waals surface area contributed by atoms with Crippen LogP contribution in [0, 0.1) is 0 Å². The molecule has 5 rings (SSSR count). The number of anilines is 2. The van der Waals surface area contributed by atoms with Crippen LogP contribution in [0.3, 0.4) is 0 Å². The monoisotopic (exact) mass is 478 g/mol. The number of amides is 2. The fraction of sp³-hybridized carbons (Fsp3) is 0.240. The summed E-state index contributed by atoms with van der Waals surface area (Å²) in [5.74, 6) is 0.428. The molecule has 34 heavy (non-hydrogen) atoms. The van der Waals surface area contributed by atoms with Gasteiger partial charge in [-0.25, -0.2) is 4.79 Å². The van der Waals surface area contributed by atoms with Crippen LogP contribution in [0.1, 0.15) is 22.5 Å². The van der Waals surface area contributed by atoms with Crippen molar-refractivity contribution in [3.05, 3.63) is 59.5 Å². The molecule has 0 aliphatic carbocycles. The highest BCUT2D eigenvalue weighted by molar-refractivity contribution is 7.17. The summed E-state index contributed by atoms with van der Waals surface area (Å²) in [5, 5.41) is 2.71. The molecule has 174 valence electrons. The first-order chi connectivity index (χ1) is 16.6. The standard InChI is InChI=1S/C25H22N2O6S/c28-23(26-17-3-1-4-18(14-17)27-10-2-5-24(27)29)15-33-25(30)22-9-8-21(34-22)16-6-7-19-20(13-16)32-12-11-31-19/h1,3-4,6-9,13-14H,2,5,10-12,15H2,(H,26,28). The van der Waals surface area contributed by atoms with Crippen molar-refractivity contribution in [1.29, 1.82) is 0 Å². The molecule has 0 spiro atoms. The molecule has 2 aromatic carbocycles. The average Bonchev–Trinajstić information content (AvgIpc) is 3.52. The molecule has 1 saturated heterocycles. The van der Waals surface area contributed by atoms with Crippen LogP contribution in [0.15, 0.2) is 54.6 Å². The molecular weight excluding hydrogens is 456 g/mol. The van der Waals surface area contributed by atoms with Crippen molar-refractivity contribution in [3.8, 4) is 21.9 Å². The third kappa shape index (κ3) is 4.74. The first-order valence-electron chi connectivity index (χ1n) is 10.9. The largest absolute Gasteiger partial charge is 0.486 e. The molecule has 8 nitrogen and oxygen atoms in total. The van der Waals surface area contributed by atoms with E-state index in [4.69, 9.17) is 14.2 Å². The predicted molar refractivity (Wildman–Crippen MR) is 128 cm³/mol. The Balaban J connectivity index is 1.17. The average molecular weight is 479 g/mol. The lowest BCUT2D eigenvalue weighted by Crippen LogP contribution is -2.24. The van der Waals surface area contributed by atoms with Gasteiger partial charge in [0.1, 0.15) is 18.1 Å². The lowest BCUT2D eigenvalue weighted by molar-refractivity contribution is -0.119. The number of ether oxygens (including phenoxy) is 3. The number of carbonyl (C=O) groups excluding carboxylic acids is 3. The van der Waals surface area contributed by atoms with E-state index in [1.54, 1.807) is 29.2 Å². The molecule has 2 amide bonds. The van der Waals surface area contributed by atoms with Gasteiger partial charge >= 0.3 is 5.97 Å². The molecule has 9 heteroatoms. The minimum Gasteiger partial charge on any atom is -0.486 e. The van der Waals surface area contributed by atoms with E-state index >= 15 is 0 Å². The quantitative estimate of drug-likeness (QED) is 0.536. The van der Waals surface area contributed by atoms with Crippen molar-refractivity contribution in [3.63, 3.8) is 0 Å². The van der Waals surface area contributed by atoms with Gasteiger partial charge in [0, 0.05) is 29.2 Å². The van der Waals surface area contributed by atoms with E-state index in [0.717, 1.165) is 22.5 Å². The van der Waals surface area contributed by atoms with Crippen LogP contribution >= 0.6 is 11.3 Å². The second-order valence-electron chi connectivity index (χ2n) is 7.85. The van der Waals surface area contributed by atoms with Gasteiger partial charge in [-0.1, -0.05) is 6.07 Å². The van der Waals surface area contributed by atoms with Crippen molar-refractivity contribution in [2.75, 3.05) is 36.6 Å². The van der Waals surface area contributed by atoms with E-state index in [0.29, 0.717) is 48.2 Å². The highest BCUT2D eigenvalue weighted by Gasteiger charge is 2.22. The van der Waals surface area contributed by atoms with Crippen molar-refractivity contribution < 1.29 is 28.6 Å². The molecule has 1 fully saturated rings. The Labute approximate surface area is 200 Å². The molecular formula is C25H22N2O6S. The lowest BCUT2D eigenvalue weighted by Gasteiger charge is -2.18. The summed E-state index contributed by atoms with van der Waals surface area (Å²) in [6, 6.07) is 16.2. The summed E-state index contributed by atoms with van der Waals surface area (Å²) >= 11 is 1.28. The zero-order valence-corrected chi connectivity index (χ0v) is 19.1. The number of thiophene rings is 1. The normalized spacial score (nSPS) is 14.7. The molecule has 3 aromatic rings. The molecule has 3 heterocycles. The second kappa shape index (κ2) is 9.56. The second-order valence-corrected chi connectivity index (χ2v) is 8.93. The van der Waals surface area contributed by atoms with Gasteiger partial charge in [0.2, 0.25) is 5.91 Å². The van der Waals surface area contributed by atoms with E-state index < -0.39 is 18.5 Å². The van der Waals surface area contributed by atoms with Gasteiger partial charge in [-0.2, -0.15) is 0 Å². The number of fused-ring (bicyclic) bond motifs is 1. The van der Waals surface area contributed by atoms with E-state index in [1.807, 2.05) is 30.3 Å². The minimum absolute atomic E-state index is 0.0731. The lowest BCUT2D eigenvalue weighted by atomic mass is 10.1. The minimum atomic E-state index is -0.569. The van der Waals surface area contributed by atoms with Crippen LogP contribution in [0.25, 0.3) is 10.4 Å². The van der Waals surface area contributed by atoms with E-state index in [9.17, 15) is 14.4 Å². The number of hydrogen-bond donors (Lipinski definition) is 1. The van der Waals surface area contributed by atoms with Gasteiger partial charge in [-0.05, 0) is 60.5 Å². The third-order valence-corrected chi connectivity index (χ3v) is 6.60. The molecule has 2 aliphatic rings. The number of nitrogens with one attached hydrogen (secondary N) is 1. The summed E-state index contributed by atoms with van der Waals surface area (Å²) in [5.41, 5.74) is 2.18. The Morgan fingerprint density at radius 3 is 2.71 bits per heavy atom. The zero-order valence-electron chi connectivity index (χ0n) is 18.2. The number of benzene rings is 2. The molecule has 2 aliphatic heterocycles. The number of esters is 1. The van der Waals surface area contributed by atoms with Crippen molar-refractivity contribution in [2.45, 2.75) is 12.8 Å². The number of rotatable bonds is 6. The summed E-state index contributed by atoms with van der Waals surface area (Å²) < 4.78 is 16.4. The van der Waals surface area contributed by atoms with E-state index in [1.165, 1.54) is 11.3 Å². The van der Waals surface area contributed by atoms with Crippen molar-refractivity contribution in [1.82, 2.24) is 0 Å². The first kappa shape index (κ1) is 22.0. The maximum atomic E-state index is 12.5. The van der Waals surface area contributed by atoms with Crippen LogP contribution in [0.5, 0.6) is 11.5 Å². The number of hydrogen-bond acceptors (Lipinski definition) is 7. The van der Waals surface area contributed by atoms with Crippen LogP contribution in [0.4, 0.5) is 11.4 Å². The van der Waals surface area contributed by atoms with Crippen molar-refractivity contribution in [2.24, 2.45) is 0 Å². The number of carbonyl (C=O) groups is 3. The third-order valence-electron chi connectivity index (χ3n) is 5.48. The Morgan fingerprint density at radius 2 is 1.88 bits per heavy atom. The van der Waals surface area contributed by atoms with Gasteiger partial charge in [-0.3, -0.25) is 9.59 Å². The Bertz CT molecular complexity index is 1250. The molecule has 0 unspecified atom stereocenters. The molecule has 0 atom stereocenters. The SMILES string of the molecule is O=C(COC(=O)c1ccc(-c2ccc3c(c2)OCCO3)s1)Nc1cccc(N2CCCC2=O)c1. The van der Waals surface area contributed by atoms with E-state index in [2.05, 4.69) is 5.32 Å². The Kier molecular flexibility index (Phi) is 6.18. The molecule has 0 radical (unpaired) electrons. The Morgan fingerprint density at radius 1 is 1.03 bits per heavy atom. The van der Waals surface area contributed by atoms with Gasteiger partial charge in [-0.15, -0.1) is 11.3 Å². The first-order valence-corrected chi connectivity index (χ1v) is 11.8. The summed E-state index contributed by atoms with van der Waals surface area (Å²) in [6.07, 6.45) is 1.36. The molecule has 0 bridgehead atoms. The maximum absolute atomic E-state index is 12.5. The molecule has 1 aromatic heterocycles. The smallest absolute Gasteiger partial charge is 0.348 e. The van der Waals surface area contributed by atoms with Crippen LogP contribution in [-0.2, 0) is 14.3 Å². The highest BCUT2D eigenvalue weighted by Crippen LogP contribution is 2.37. The number of nitrogens with zero attached hydrogens (tertiary/aromatic N) is 1. The van der Waals surface area contributed by atoms with Crippen molar-refractivity contribution >= 4 is 40.5 Å². The van der Waals surface area contributed by atoms with Crippen LogP contribution < -0.4 is 19.7 Å². The predicted octanol–water partition coefficient (Wildman–Crippen LogP) is 4.11. The van der Waals surface area contributed by atoms with Gasteiger partial charge in [0.05, 0.1) is 0 Å². The van der Waals surface area contributed by atoms with Crippen LogP contribution in [0.2, 0.25) is 0 Å². The van der Waals surface area contributed by atoms with Gasteiger partial charge < -0.3 is 24.4 Å². The highest BCUT2D eigenvalue weighted by atomic mass is 32.1. The zero-order chi connectivity index (χ0) is 23.5. The molecule has 1 N–H and O–H groups in total.